The van der Waals surface area contributed by atoms with Gasteiger partial charge in [-0.05, 0) is 98.1 Å². The van der Waals surface area contributed by atoms with E-state index < -0.39 is 0 Å². The van der Waals surface area contributed by atoms with Crippen LogP contribution >= 0.6 is 34.8 Å². The molecule has 0 aliphatic heterocycles. The Kier molecular flexibility index (Phi) is 12.0. The van der Waals surface area contributed by atoms with Crippen molar-refractivity contribution in [1.29, 1.82) is 0 Å². The zero-order chi connectivity index (χ0) is 34.3. The highest BCUT2D eigenvalue weighted by Crippen LogP contribution is 2.36. The molecule has 0 saturated heterocycles. The Bertz CT molecular complexity index is 1800. The molecule has 11 heteroatoms. The summed E-state index contributed by atoms with van der Waals surface area (Å²) in [6.45, 7) is 0. The molecule has 256 valence electrons. The van der Waals surface area contributed by atoms with Gasteiger partial charge in [0.1, 0.15) is 0 Å². The van der Waals surface area contributed by atoms with Gasteiger partial charge >= 0.3 is 0 Å². The van der Waals surface area contributed by atoms with E-state index in [0.717, 1.165) is 81.0 Å². The molecule has 7 N–H and O–H groups in total. The first-order valence-electron chi connectivity index (χ1n) is 17.1. The number of aromatic nitrogens is 4. The number of anilines is 1. The number of nitrogens with one attached hydrogen (secondary N) is 1. The monoisotopic (exact) mass is 716 g/mol. The number of allylic oxidation sites excluding steroid dienone is 2. The summed E-state index contributed by atoms with van der Waals surface area (Å²) in [5.74, 6) is 0.653. The fourth-order valence-electron chi connectivity index (χ4n) is 6.77. The van der Waals surface area contributed by atoms with Crippen molar-refractivity contribution in [2.75, 3.05) is 5.32 Å². The number of benzene rings is 2. The summed E-state index contributed by atoms with van der Waals surface area (Å²) < 4.78 is 0. The topological polar surface area (TPSA) is 142 Å². The molecule has 2 aromatic carbocycles. The van der Waals surface area contributed by atoms with Crippen LogP contribution in [0.4, 0.5) is 5.95 Å². The van der Waals surface area contributed by atoms with Gasteiger partial charge in [0, 0.05) is 35.3 Å². The van der Waals surface area contributed by atoms with Crippen LogP contribution in [0.25, 0.3) is 11.1 Å². The largest absolute Gasteiger partial charge is 0.351 e. The number of halogens is 3. The van der Waals surface area contributed by atoms with E-state index >= 15 is 0 Å². The van der Waals surface area contributed by atoms with Gasteiger partial charge in [0.2, 0.25) is 11.2 Å². The van der Waals surface area contributed by atoms with Crippen molar-refractivity contribution < 1.29 is 0 Å². The fourth-order valence-corrected chi connectivity index (χ4v) is 7.28. The maximum Gasteiger partial charge on any atom is 0.223 e. The fraction of sp³-hybridized carbons (Fsp3) is 0.368. The maximum absolute atomic E-state index is 6.39. The number of hydrogen-bond acceptors (Lipinski definition) is 8. The van der Waals surface area contributed by atoms with Gasteiger partial charge in [-0.15, -0.1) is 0 Å². The first-order valence-corrected chi connectivity index (χ1v) is 18.2. The Balaban J connectivity index is 0.000000144. The average Bonchev–Trinajstić information content (AvgIpc) is 3.75. The lowest BCUT2D eigenvalue weighted by Gasteiger charge is -2.26. The number of hydrogen-bond donors (Lipinski definition) is 4. The molecule has 2 saturated carbocycles. The molecular formula is C38H43Cl3N8. The molecule has 2 fully saturated rings. The van der Waals surface area contributed by atoms with Crippen LogP contribution < -0.4 is 22.5 Å². The normalized spacial score (nSPS) is 22.3. The molecule has 4 aliphatic rings. The Morgan fingerprint density at radius 3 is 1.55 bits per heavy atom. The van der Waals surface area contributed by atoms with E-state index in [1.807, 2.05) is 12.1 Å². The maximum atomic E-state index is 6.39. The molecule has 0 atom stereocenters. The van der Waals surface area contributed by atoms with E-state index in [-0.39, 0.29) is 5.28 Å². The van der Waals surface area contributed by atoms with Gasteiger partial charge < -0.3 is 22.5 Å². The Hall–Kier alpha value is -3.37. The summed E-state index contributed by atoms with van der Waals surface area (Å²) in [4.78, 5) is 17.1. The van der Waals surface area contributed by atoms with Crippen LogP contribution in [0.15, 0.2) is 73.1 Å². The standard InChI is InChI=1S/C19H21ClN4.C13H8Cl2N2.C6H14N2/c20-17-11-22-19(23-14-8-6-13(21)7-9-14)24-18(17)16-10-5-12-3-1-2-4-15(12)16;14-11-7-16-13(15)17-12(11)10-6-5-8-3-1-2-4-9(8)10;7-5-1-2-6(8)4-3-5/h1-4,10-11,13-14H,5-9,21H2,(H,22,23,24);1-4,6-7H,5H2;5-6H,1-4,7-8H2. The van der Waals surface area contributed by atoms with Crippen molar-refractivity contribution >= 4 is 51.9 Å². The van der Waals surface area contributed by atoms with E-state index in [4.69, 9.17) is 57.0 Å². The molecule has 2 heterocycles. The van der Waals surface area contributed by atoms with Gasteiger partial charge in [0.15, 0.2) is 0 Å². The molecule has 0 amide bonds. The number of rotatable bonds is 4. The van der Waals surface area contributed by atoms with Crippen LogP contribution in [0, 0.1) is 0 Å². The van der Waals surface area contributed by atoms with Gasteiger partial charge in [-0.1, -0.05) is 83.9 Å². The van der Waals surface area contributed by atoms with Gasteiger partial charge in [0.05, 0.1) is 33.8 Å². The second-order valence-corrected chi connectivity index (χ2v) is 14.3. The van der Waals surface area contributed by atoms with Crippen molar-refractivity contribution in [3.05, 3.63) is 122 Å². The van der Waals surface area contributed by atoms with Crippen LogP contribution in [0.3, 0.4) is 0 Å². The lowest BCUT2D eigenvalue weighted by Crippen LogP contribution is -2.33. The third-order valence-electron chi connectivity index (χ3n) is 9.56. The molecule has 0 radical (unpaired) electrons. The minimum atomic E-state index is 0.217. The molecule has 8 rings (SSSR count). The third kappa shape index (κ3) is 9.06. The van der Waals surface area contributed by atoms with E-state index in [9.17, 15) is 0 Å². The molecule has 4 aliphatic carbocycles. The Morgan fingerprint density at radius 1 is 0.571 bits per heavy atom. The van der Waals surface area contributed by atoms with Crippen LogP contribution in [0.5, 0.6) is 0 Å². The number of fused-ring (bicyclic) bond motifs is 2. The molecule has 0 unspecified atom stereocenters. The predicted molar refractivity (Wildman–Crippen MR) is 202 cm³/mol. The SMILES string of the molecule is Clc1ncc(Cl)c(C2=CCc3ccccc32)n1.NC1CCC(N)CC1.NC1CCC(Nc2ncc(Cl)c(C3=CCc4ccccc43)n2)CC1. The smallest absolute Gasteiger partial charge is 0.223 e. The minimum Gasteiger partial charge on any atom is -0.351 e. The van der Waals surface area contributed by atoms with Crippen molar-refractivity contribution in [3.8, 4) is 0 Å². The zero-order valence-electron chi connectivity index (χ0n) is 27.5. The van der Waals surface area contributed by atoms with E-state index in [0.29, 0.717) is 45.9 Å². The highest BCUT2D eigenvalue weighted by atomic mass is 35.5. The summed E-state index contributed by atoms with van der Waals surface area (Å²) >= 11 is 18.3. The summed E-state index contributed by atoms with van der Waals surface area (Å²) in [7, 11) is 0. The Morgan fingerprint density at radius 2 is 1.02 bits per heavy atom. The van der Waals surface area contributed by atoms with Crippen LogP contribution in [-0.2, 0) is 12.8 Å². The van der Waals surface area contributed by atoms with Crippen molar-refractivity contribution in [3.63, 3.8) is 0 Å². The molecule has 0 spiro atoms. The van der Waals surface area contributed by atoms with Crippen molar-refractivity contribution in [2.24, 2.45) is 17.2 Å². The first kappa shape index (κ1) is 35.5. The average molecular weight is 718 g/mol. The van der Waals surface area contributed by atoms with E-state index in [1.165, 1.54) is 28.5 Å². The molecule has 8 nitrogen and oxygen atoms in total. The molecule has 4 aromatic rings. The molecule has 0 bridgehead atoms. The second-order valence-electron chi connectivity index (χ2n) is 13.1. The molecular weight excluding hydrogens is 675 g/mol. The lowest BCUT2D eigenvalue weighted by atomic mass is 9.92. The van der Waals surface area contributed by atoms with Gasteiger partial charge in [-0.3, -0.25) is 0 Å². The highest BCUT2D eigenvalue weighted by molar-refractivity contribution is 6.33. The highest BCUT2D eigenvalue weighted by Gasteiger charge is 2.23. The number of nitrogens with zero attached hydrogens (tertiary/aromatic N) is 4. The molecule has 2 aromatic heterocycles. The zero-order valence-corrected chi connectivity index (χ0v) is 29.7. The first-order chi connectivity index (χ1) is 23.7. The van der Waals surface area contributed by atoms with Gasteiger partial charge in [-0.25, -0.2) is 19.9 Å². The summed E-state index contributed by atoms with van der Waals surface area (Å²) in [5, 5.41) is 4.79. The third-order valence-corrected chi connectivity index (χ3v) is 10.3. The van der Waals surface area contributed by atoms with Crippen molar-refractivity contribution in [1.82, 2.24) is 19.9 Å². The Labute approximate surface area is 303 Å². The van der Waals surface area contributed by atoms with Gasteiger partial charge in [-0.2, -0.15) is 0 Å². The van der Waals surface area contributed by atoms with E-state index in [2.05, 4.69) is 68.8 Å². The number of nitrogens with two attached hydrogens (primary N) is 3. The second kappa shape index (κ2) is 16.6. The summed E-state index contributed by atoms with van der Waals surface area (Å²) in [6, 6.07) is 18.2. The van der Waals surface area contributed by atoms with Crippen molar-refractivity contribution in [2.45, 2.75) is 88.4 Å². The summed E-state index contributed by atoms with van der Waals surface area (Å²) in [5.41, 5.74) is 25.9. The summed E-state index contributed by atoms with van der Waals surface area (Å²) in [6.07, 6.45) is 18.1. The quantitative estimate of drug-likeness (QED) is 0.157. The predicted octanol–water partition coefficient (Wildman–Crippen LogP) is 7.79. The lowest BCUT2D eigenvalue weighted by molar-refractivity contribution is 0.395. The van der Waals surface area contributed by atoms with Crippen LogP contribution in [0.2, 0.25) is 15.3 Å². The van der Waals surface area contributed by atoms with Gasteiger partial charge in [0.25, 0.3) is 0 Å². The molecule has 49 heavy (non-hydrogen) atoms. The minimum absolute atomic E-state index is 0.217. The van der Waals surface area contributed by atoms with Crippen LogP contribution in [0.1, 0.15) is 85.0 Å². The van der Waals surface area contributed by atoms with E-state index in [1.54, 1.807) is 6.20 Å². The van der Waals surface area contributed by atoms with Crippen LogP contribution in [-0.4, -0.2) is 44.1 Å².